The van der Waals surface area contributed by atoms with Crippen molar-refractivity contribution >= 4 is 16.7 Å². The number of pyridine rings is 1. The second-order valence-corrected chi connectivity index (χ2v) is 7.15. The van der Waals surface area contributed by atoms with Gasteiger partial charge in [0.05, 0.1) is 12.8 Å². The highest BCUT2D eigenvalue weighted by Crippen LogP contribution is 2.21. The van der Waals surface area contributed by atoms with Gasteiger partial charge in [-0.15, -0.1) is 0 Å². The van der Waals surface area contributed by atoms with Crippen LogP contribution in [0.5, 0.6) is 0 Å². The van der Waals surface area contributed by atoms with Crippen molar-refractivity contribution in [3.8, 4) is 0 Å². The van der Waals surface area contributed by atoms with Crippen molar-refractivity contribution in [1.29, 1.82) is 0 Å². The van der Waals surface area contributed by atoms with Gasteiger partial charge < -0.3 is 19.2 Å². The van der Waals surface area contributed by atoms with E-state index in [-0.39, 0.29) is 17.5 Å². The van der Waals surface area contributed by atoms with Crippen molar-refractivity contribution < 1.29 is 9.21 Å². The maximum absolute atomic E-state index is 13.3. The molecule has 0 spiro atoms. The lowest BCUT2D eigenvalue weighted by Crippen LogP contribution is -2.46. The molecule has 1 saturated heterocycles. The van der Waals surface area contributed by atoms with Crippen LogP contribution in [-0.2, 0) is 6.54 Å². The largest absolute Gasteiger partial charge is 0.467 e. The molecule has 1 aliphatic rings. The summed E-state index contributed by atoms with van der Waals surface area (Å²) in [4.78, 5) is 32.6. The fraction of sp³-hybridized carbons (Fsp3) is 0.333. The Morgan fingerprint density at radius 3 is 2.74 bits per heavy atom. The molecule has 4 rings (SSSR count). The van der Waals surface area contributed by atoms with Crippen LogP contribution in [0, 0.1) is 0 Å². The van der Waals surface area contributed by atoms with E-state index in [0.29, 0.717) is 17.6 Å². The molecule has 0 unspecified atom stereocenters. The normalized spacial score (nSPS) is 15.9. The third-order valence-corrected chi connectivity index (χ3v) is 5.28. The fourth-order valence-electron chi connectivity index (χ4n) is 3.72. The molecule has 0 radical (unpaired) electrons. The minimum atomic E-state index is -0.238. The van der Waals surface area contributed by atoms with Gasteiger partial charge in [0.2, 0.25) is 0 Å². The lowest BCUT2D eigenvalue weighted by Gasteiger charge is -2.37. The number of nitrogens with one attached hydrogen (secondary N) is 1. The van der Waals surface area contributed by atoms with Crippen molar-refractivity contribution in [1.82, 2.24) is 14.8 Å². The fourth-order valence-corrected chi connectivity index (χ4v) is 3.72. The number of benzene rings is 1. The molecule has 0 bridgehead atoms. The maximum atomic E-state index is 13.3. The van der Waals surface area contributed by atoms with Gasteiger partial charge >= 0.3 is 0 Å². The zero-order chi connectivity index (χ0) is 18.8. The number of aromatic nitrogens is 1. The van der Waals surface area contributed by atoms with E-state index in [1.165, 1.54) is 0 Å². The number of likely N-dealkylation sites (tertiary alicyclic amines) is 1. The Labute approximate surface area is 157 Å². The summed E-state index contributed by atoms with van der Waals surface area (Å²) in [6.45, 7) is 2.29. The van der Waals surface area contributed by atoms with Gasteiger partial charge in [0.25, 0.3) is 11.5 Å². The van der Waals surface area contributed by atoms with Crippen LogP contribution in [0.25, 0.3) is 10.8 Å². The van der Waals surface area contributed by atoms with E-state index >= 15 is 0 Å². The Kier molecular flexibility index (Phi) is 4.81. The minimum absolute atomic E-state index is 0.119. The number of rotatable bonds is 4. The van der Waals surface area contributed by atoms with Crippen molar-refractivity contribution in [3.05, 3.63) is 70.5 Å². The van der Waals surface area contributed by atoms with Gasteiger partial charge in [-0.3, -0.25) is 9.59 Å². The molecule has 3 heterocycles. The Balaban J connectivity index is 1.68. The van der Waals surface area contributed by atoms with E-state index in [4.69, 9.17) is 4.42 Å². The Bertz CT molecular complexity index is 985. The van der Waals surface area contributed by atoms with E-state index in [2.05, 4.69) is 16.9 Å². The van der Waals surface area contributed by atoms with E-state index < -0.39 is 0 Å². The summed E-state index contributed by atoms with van der Waals surface area (Å²) >= 11 is 0. The summed E-state index contributed by atoms with van der Waals surface area (Å²) in [6.07, 6.45) is 3.42. The highest BCUT2D eigenvalue weighted by molar-refractivity contribution is 5.96. The van der Waals surface area contributed by atoms with Crippen LogP contribution in [0.3, 0.4) is 0 Å². The second kappa shape index (κ2) is 7.40. The van der Waals surface area contributed by atoms with Crippen molar-refractivity contribution in [3.63, 3.8) is 0 Å². The Morgan fingerprint density at radius 1 is 1.22 bits per heavy atom. The molecule has 0 saturated carbocycles. The molecule has 1 amide bonds. The van der Waals surface area contributed by atoms with Gasteiger partial charge in [0.15, 0.2) is 0 Å². The van der Waals surface area contributed by atoms with Crippen LogP contribution in [0.4, 0.5) is 0 Å². The lowest BCUT2D eigenvalue weighted by atomic mass is 10.0. The number of aromatic amines is 1. The van der Waals surface area contributed by atoms with Gasteiger partial charge in [-0.05, 0) is 62.6 Å². The average molecular weight is 365 g/mol. The van der Waals surface area contributed by atoms with Crippen molar-refractivity contribution in [2.45, 2.75) is 25.4 Å². The van der Waals surface area contributed by atoms with E-state index in [9.17, 15) is 9.59 Å². The first-order chi connectivity index (χ1) is 13.1. The number of furan rings is 1. The third kappa shape index (κ3) is 3.66. The minimum Gasteiger partial charge on any atom is -0.467 e. The van der Waals surface area contributed by atoms with Gasteiger partial charge in [-0.25, -0.2) is 0 Å². The van der Waals surface area contributed by atoms with E-state index in [0.717, 1.165) is 37.1 Å². The number of amides is 1. The van der Waals surface area contributed by atoms with E-state index in [1.54, 1.807) is 18.4 Å². The maximum Gasteiger partial charge on any atom is 0.271 e. The molecule has 1 N–H and O–H groups in total. The molecular weight excluding hydrogens is 342 g/mol. The highest BCUT2D eigenvalue weighted by Gasteiger charge is 2.29. The van der Waals surface area contributed by atoms with Crippen molar-refractivity contribution in [2.24, 2.45) is 0 Å². The number of fused-ring (bicyclic) bond motifs is 1. The summed E-state index contributed by atoms with van der Waals surface area (Å²) < 4.78 is 5.48. The number of carbonyl (C=O) groups excluding carboxylic acids is 1. The van der Waals surface area contributed by atoms with Crippen LogP contribution in [0.2, 0.25) is 0 Å². The smallest absolute Gasteiger partial charge is 0.271 e. The third-order valence-electron chi connectivity index (χ3n) is 5.28. The van der Waals surface area contributed by atoms with Crippen LogP contribution in [0.15, 0.2) is 57.9 Å². The molecular formula is C21H23N3O3. The molecule has 1 aromatic carbocycles. The van der Waals surface area contributed by atoms with Crippen molar-refractivity contribution in [2.75, 3.05) is 20.1 Å². The molecule has 1 aliphatic heterocycles. The topological polar surface area (TPSA) is 69.5 Å². The first-order valence-corrected chi connectivity index (χ1v) is 9.26. The standard InChI is InChI=1S/C21H23N3O3/c1-23-10-8-16(9-11-23)24(14-17-6-4-12-27-17)21(26)19-13-15-5-2-3-7-18(15)20(25)22-19/h2-7,12-13,16H,8-11,14H2,1H3,(H,22,25). The molecule has 140 valence electrons. The number of hydrogen-bond acceptors (Lipinski definition) is 4. The van der Waals surface area contributed by atoms with Crippen LogP contribution < -0.4 is 5.56 Å². The molecule has 1 fully saturated rings. The van der Waals surface area contributed by atoms with Gasteiger partial charge in [-0.1, -0.05) is 18.2 Å². The molecule has 0 aliphatic carbocycles. The monoisotopic (exact) mass is 365 g/mol. The van der Waals surface area contributed by atoms with Crippen LogP contribution in [0.1, 0.15) is 29.1 Å². The van der Waals surface area contributed by atoms with Gasteiger partial charge in [0.1, 0.15) is 11.5 Å². The molecule has 6 heteroatoms. The first-order valence-electron chi connectivity index (χ1n) is 9.26. The molecule has 6 nitrogen and oxygen atoms in total. The first kappa shape index (κ1) is 17.5. The molecule has 3 aromatic rings. The summed E-state index contributed by atoms with van der Waals surface area (Å²) in [5.41, 5.74) is 0.0851. The number of carbonyl (C=O) groups is 1. The summed E-state index contributed by atoms with van der Waals surface area (Å²) in [7, 11) is 2.09. The predicted molar refractivity (Wildman–Crippen MR) is 104 cm³/mol. The highest BCUT2D eigenvalue weighted by atomic mass is 16.3. The summed E-state index contributed by atoms with van der Waals surface area (Å²) in [5.74, 6) is 0.578. The Morgan fingerprint density at radius 2 is 2.00 bits per heavy atom. The zero-order valence-electron chi connectivity index (χ0n) is 15.4. The summed E-state index contributed by atoms with van der Waals surface area (Å²) in [5, 5.41) is 1.36. The Hall–Kier alpha value is -2.86. The summed E-state index contributed by atoms with van der Waals surface area (Å²) in [6, 6.07) is 12.9. The lowest BCUT2D eigenvalue weighted by molar-refractivity contribution is 0.0545. The molecule has 0 atom stereocenters. The van der Waals surface area contributed by atoms with Crippen LogP contribution in [-0.4, -0.2) is 46.9 Å². The average Bonchev–Trinajstić information content (AvgIpc) is 3.20. The van der Waals surface area contributed by atoms with Crippen LogP contribution >= 0.6 is 0 Å². The SMILES string of the molecule is CN1CCC(N(Cc2ccco2)C(=O)c2cc3ccccc3c(=O)[nH]2)CC1. The number of H-pyrrole nitrogens is 1. The zero-order valence-corrected chi connectivity index (χ0v) is 15.4. The van der Waals surface area contributed by atoms with Gasteiger partial charge in [0, 0.05) is 11.4 Å². The second-order valence-electron chi connectivity index (χ2n) is 7.15. The number of nitrogens with zero attached hydrogens (tertiary/aromatic N) is 2. The number of hydrogen-bond donors (Lipinski definition) is 1. The number of piperidine rings is 1. The quantitative estimate of drug-likeness (QED) is 0.772. The molecule has 2 aromatic heterocycles. The predicted octanol–water partition coefficient (Wildman–Crippen LogP) is 2.86. The van der Waals surface area contributed by atoms with E-state index in [1.807, 2.05) is 35.2 Å². The molecule has 27 heavy (non-hydrogen) atoms. The van der Waals surface area contributed by atoms with Gasteiger partial charge in [-0.2, -0.15) is 0 Å².